The predicted molar refractivity (Wildman–Crippen MR) is 82.5 cm³/mol. The van der Waals surface area contributed by atoms with E-state index in [1.54, 1.807) is 0 Å². The Bertz CT molecular complexity index is 582. The van der Waals surface area contributed by atoms with Gasteiger partial charge in [-0.1, -0.05) is 42.5 Å². The van der Waals surface area contributed by atoms with Crippen LogP contribution in [0.25, 0.3) is 0 Å². The van der Waals surface area contributed by atoms with E-state index >= 15 is 0 Å². The summed E-state index contributed by atoms with van der Waals surface area (Å²) < 4.78 is 0. The van der Waals surface area contributed by atoms with Gasteiger partial charge in [-0.2, -0.15) is 0 Å². The first-order valence-electron chi connectivity index (χ1n) is 6.78. The molecule has 0 radical (unpaired) electrons. The Morgan fingerprint density at radius 1 is 0.950 bits per heavy atom. The normalized spacial score (nSPS) is 14.9. The van der Waals surface area contributed by atoms with E-state index in [9.17, 15) is 0 Å². The van der Waals surface area contributed by atoms with Gasteiger partial charge in [-0.3, -0.25) is 5.43 Å². The topological polar surface area (TPSA) is 62.4 Å². The summed E-state index contributed by atoms with van der Waals surface area (Å²) in [4.78, 5) is 4.67. The summed E-state index contributed by atoms with van der Waals surface area (Å²) in [7, 11) is 0. The minimum atomic E-state index is 0.245. The lowest BCUT2D eigenvalue weighted by Crippen LogP contribution is -2.37. The van der Waals surface area contributed by atoms with Crippen molar-refractivity contribution >= 4 is 11.6 Å². The average Bonchev–Trinajstić information content (AvgIpc) is 2.90. The maximum absolute atomic E-state index is 5.56. The molecule has 0 aromatic heterocycles. The lowest BCUT2D eigenvalue weighted by Gasteiger charge is -2.11. The van der Waals surface area contributed by atoms with Gasteiger partial charge >= 0.3 is 0 Å². The van der Waals surface area contributed by atoms with Gasteiger partial charge in [0.15, 0.2) is 0 Å². The number of hydrogen-bond donors (Lipinski definition) is 3. The van der Waals surface area contributed by atoms with E-state index in [1.807, 2.05) is 30.3 Å². The Hall–Kier alpha value is -2.33. The fraction of sp³-hybridized carbons (Fsp3) is 0.188. The SMILES string of the molecule is NNC(=NC1Cc2ccccc2C1)Nc1ccccc1. The summed E-state index contributed by atoms with van der Waals surface area (Å²) in [5, 5.41) is 3.20. The number of aliphatic imine (C=N–C) groups is 1. The van der Waals surface area contributed by atoms with Crippen molar-refractivity contribution in [3.63, 3.8) is 0 Å². The Morgan fingerprint density at radius 3 is 2.15 bits per heavy atom. The zero-order valence-corrected chi connectivity index (χ0v) is 11.2. The standard InChI is InChI=1S/C16H18N4/c17-20-16(18-14-8-2-1-3-9-14)19-15-10-12-6-4-5-7-13(12)11-15/h1-9,15H,10-11,17H2,(H2,18,19,20). The van der Waals surface area contributed by atoms with Gasteiger partial charge < -0.3 is 5.32 Å². The summed E-state index contributed by atoms with van der Waals surface area (Å²) in [6.45, 7) is 0. The highest BCUT2D eigenvalue weighted by Crippen LogP contribution is 2.23. The zero-order chi connectivity index (χ0) is 13.8. The highest BCUT2D eigenvalue weighted by atomic mass is 15.3. The van der Waals surface area contributed by atoms with Gasteiger partial charge in [0.2, 0.25) is 5.96 Å². The van der Waals surface area contributed by atoms with Crippen molar-refractivity contribution in [3.8, 4) is 0 Å². The molecule has 0 aliphatic heterocycles. The molecule has 0 unspecified atom stereocenters. The van der Waals surface area contributed by atoms with E-state index in [4.69, 9.17) is 5.84 Å². The summed E-state index contributed by atoms with van der Waals surface area (Å²) >= 11 is 0. The molecule has 0 saturated heterocycles. The third-order valence-electron chi connectivity index (χ3n) is 3.51. The van der Waals surface area contributed by atoms with E-state index in [1.165, 1.54) is 11.1 Å². The molecule has 0 heterocycles. The summed E-state index contributed by atoms with van der Waals surface area (Å²) in [5.74, 6) is 6.17. The third-order valence-corrected chi connectivity index (χ3v) is 3.51. The van der Waals surface area contributed by atoms with Gasteiger partial charge in [-0.25, -0.2) is 10.8 Å². The number of benzene rings is 2. The third kappa shape index (κ3) is 2.81. The predicted octanol–water partition coefficient (Wildman–Crippen LogP) is 2.09. The van der Waals surface area contributed by atoms with Crippen molar-refractivity contribution in [1.29, 1.82) is 0 Å². The van der Waals surface area contributed by atoms with Crippen LogP contribution in [0.3, 0.4) is 0 Å². The van der Waals surface area contributed by atoms with Crippen LogP contribution in [0.4, 0.5) is 5.69 Å². The molecule has 0 amide bonds. The number of hydrogen-bond acceptors (Lipinski definition) is 2. The molecular formula is C16H18N4. The van der Waals surface area contributed by atoms with Crippen molar-refractivity contribution in [2.45, 2.75) is 18.9 Å². The second-order valence-corrected chi connectivity index (χ2v) is 4.94. The number of anilines is 1. The van der Waals surface area contributed by atoms with Crippen LogP contribution in [0.5, 0.6) is 0 Å². The van der Waals surface area contributed by atoms with Crippen LogP contribution in [-0.2, 0) is 12.8 Å². The lowest BCUT2D eigenvalue weighted by atomic mass is 10.1. The molecule has 0 atom stereocenters. The molecule has 0 fully saturated rings. The van der Waals surface area contributed by atoms with E-state index in [-0.39, 0.29) is 6.04 Å². The highest BCUT2D eigenvalue weighted by molar-refractivity contribution is 5.93. The summed E-state index contributed by atoms with van der Waals surface area (Å²) in [5.41, 5.74) is 6.39. The molecule has 4 nitrogen and oxygen atoms in total. The minimum Gasteiger partial charge on any atom is -0.325 e. The van der Waals surface area contributed by atoms with Gasteiger partial charge in [0.1, 0.15) is 0 Å². The van der Waals surface area contributed by atoms with E-state index in [2.05, 4.69) is 40.0 Å². The smallest absolute Gasteiger partial charge is 0.210 e. The molecular weight excluding hydrogens is 248 g/mol. The van der Waals surface area contributed by atoms with E-state index < -0.39 is 0 Å². The first-order chi connectivity index (χ1) is 9.85. The molecule has 1 aliphatic rings. The second-order valence-electron chi connectivity index (χ2n) is 4.94. The fourth-order valence-corrected chi connectivity index (χ4v) is 2.57. The quantitative estimate of drug-likeness (QED) is 0.337. The first-order valence-corrected chi connectivity index (χ1v) is 6.78. The molecule has 4 heteroatoms. The molecule has 1 aliphatic carbocycles. The van der Waals surface area contributed by atoms with Crippen molar-refractivity contribution in [1.82, 2.24) is 5.43 Å². The number of fused-ring (bicyclic) bond motifs is 1. The number of para-hydroxylation sites is 1. The Labute approximate surface area is 118 Å². The van der Waals surface area contributed by atoms with Crippen LogP contribution in [-0.4, -0.2) is 12.0 Å². The van der Waals surface area contributed by atoms with E-state index in [0.29, 0.717) is 5.96 Å². The van der Waals surface area contributed by atoms with Crippen LogP contribution < -0.4 is 16.6 Å². The minimum absolute atomic E-state index is 0.245. The number of nitrogens with zero attached hydrogens (tertiary/aromatic N) is 1. The summed E-state index contributed by atoms with van der Waals surface area (Å²) in [6.07, 6.45) is 1.94. The number of rotatable bonds is 2. The van der Waals surface area contributed by atoms with Crippen molar-refractivity contribution in [2.75, 3.05) is 5.32 Å². The van der Waals surface area contributed by atoms with Crippen molar-refractivity contribution < 1.29 is 0 Å². The van der Waals surface area contributed by atoms with Crippen molar-refractivity contribution in [2.24, 2.45) is 10.8 Å². The maximum Gasteiger partial charge on any atom is 0.210 e. The first kappa shape index (κ1) is 12.7. The molecule has 0 spiro atoms. The van der Waals surface area contributed by atoms with Crippen LogP contribution >= 0.6 is 0 Å². The van der Waals surface area contributed by atoms with Crippen LogP contribution in [0, 0.1) is 0 Å². The largest absolute Gasteiger partial charge is 0.325 e. The van der Waals surface area contributed by atoms with Crippen LogP contribution in [0.1, 0.15) is 11.1 Å². The van der Waals surface area contributed by atoms with E-state index in [0.717, 1.165) is 18.5 Å². The van der Waals surface area contributed by atoms with Crippen LogP contribution in [0.15, 0.2) is 59.6 Å². The molecule has 20 heavy (non-hydrogen) atoms. The number of nitrogens with one attached hydrogen (secondary N) is 2. The maximum atomic E-state index is 5.56. The Morgan fingerprint density at radius 2 is 1.55 bits per heavy atom. The van der Waals surface area contributed by atoms with Crippen LogP contribution in [0.2, 0.25) is 0 Å². The average molecular weight is 266 g/mol. The van der Waals surface area contributed by atoms with Gasteiger partial charge in [-0.05, 0) is 36.1 Å². The second kappa shape index (κ2) is 5.75. The van der Waals surface area contributed by atoms with Gasteiger partial charge in [0.05, 0.1) is 6.04 Å². The Balaban J connectivity index is 1.71. The lowest BCUT2D eigenvalue weighted by molar-refractivity contribution is 0.716. The molecule has 2 aromatic rings. The van der Waals surface area contributed by atoms with Gasteiger partial charge in [0, 0.05) is 5.69 Å². The Kier molecular flexibility index (Phi) is 3.65. The summed E-state index contributed by atoms with van der Waals surface area (Å²) in [6, 6.07) is 18.6. The molecule has 2 aromatic carbocycles. The van der Waals surface area contributed by atoms with Gasteiger partial charge in [-0.15, -0.1) is 0 Å². The monoisotopic (exact) mass is 266 g/mol. The zero-order valence-electron chi connectivity index (χ0n) is 11.2. The number of nitrogens with two attached hydrogens (primary N) is 1. The molecule has 3 rings (SSSR count). The highest BCUT2D eigenvalue weighted by Gasteiger charge is 2.20. The van der Waals surface area contributed by atoms with Gasteiger partial charge in [0.25, 0.3) is 0 Å². The molecule has 4 N–H and O–H groups in total. The number of hydrazine groups is 1. The van der Waals surface area contributed by atoms with Crippen molar-refractivity contribution in [3.05, 3.63) is 65.7 Å². The molecule has 0 bridgehead atoms. The molecule has 102 valence electrons. The number of guanidine groups is 1. The fourth-order valence-electron chi connectivity index (χ4n) is 2.57. The molecule has 0 saturated carbocycles.